The van der Waals surface area contributed by atoms with Gasteiger partial charge in [0, 0.05) is 27.2 Å². The quantitative estimate of drug-likeness (QED) is 0.384. The molecule has 0 spiro atoms. The van der Waals surface area contributed by atoms with Crippen LogP contribution in [0.5, 0.6) is 0 Å². The Bertz CT molecular complexity index is 192. The Kier molecular flexibility index (Phi) is 10.6. The number of methoxy groups -OCH3 is 3. The molecule has 1 unspecified atom stereocenters. The molecule has 3 heteroatoms. The van der Waals surface area contributed by atoms with Gasteiger partial charge in [0.1, 0.15) is 0 Å². The maximum Gasteiger partial charge on any atom is 0.285 e. The standard InChI is InChI=1S/C16H34O3/c1-7-8-9-10-11-12-15(13-14(2)3)16(17-4,18-5)19-6/h14-15H,7-13H2,1-6H3. The molecule has 1 atom stereocenters. The summed E-state index contributed by atoms with van der Waals surface area (Å²) in [5.41, 5.74) is 0. The van der Waals surface area contributed by atoms with Gasteiger partial charge >= 0.3 is 0 Å². The zero-order valence-electron chi connectivity index (χ0n) is 13.8. The molecule has 0 rings (SSSR count). The molecule has 0 aliphatic rings. The SMILES string of the molecule is CCCCCCCC(CC(C)C)C(OC)(OC)OC. The highest BCUT2D eigenvalue weighted by atomic mass is 16.9. The molecule has 3 nitrogen and oxygen atoms in total. The molecule has 0 aliphatic heterocycles. The molecule has 19 heavy (non-hydrogen) atoms. The van der Waals surface area contributed by atoms with Gasteiger partial charge in [-0.3, -0.25) is 0 Å². The van der Waals surface area contributed by atoms with E-state index in [0.29, 0.717) is 5.92 Å². The fourth-order valence-electron chi connectivity index (χ4n) is 2.75. The van der Waals surface area contributed by atoms with Gasteiger partial charge in [0.05, 0.1) is 0 Å². The summed E-state index contributed by atoms with van der Waals surface area (Å²) < 4.78 is 16.6. The van der Waals surface area contributed by atoms with Crippen LogP contribution in [-0.4, -0.2) is 27.3 Å². The van der Waals surface area contributed by atoms with Gasteiger partial charge in [0.25, 0.3) is 5.97 Å². The average molecular weight is 274 g/mol. The summed E-state index contributed by atoms with van der Waals surface area (Å²) in [4.78, 5) is 0. The number of hydrogen-bond donors (Lipinski definition) is 0. The summed E-state index contributed by atoms with van der Waals surface area (Å²) in [6, 6.07) is 0. The minimum absolute atomic E-state index is 0.286. The van der Waals surface area contributed by atoms with E-state index in [9.17, 15) is 0 Å². The summed E-state index contributed by atoms with van der Waals surface area (Å²) in [6.07, 6.45) is 8.60. The predicted molar refractivity (Wildman–Crippen MR) is 80.1 cm³/mol. The van der Waals surface area contributed by atoms with Crippen LogP contribution in [0.25, 0.3) is 0 Å². The Hall–Kier alpha value is -0.120. The van der Waals surface area contributed by atoms with Crippen molar-refractivity contribution in [2.75, 3.05) is 21.3 Å². The van der Waals surface area contributed by atoms with Crippen molar-refractivity contribution in [1.82, 2.24) is 0 Å². The third-order valence-electron chi connectivity index (χ3n) is 3.77. The van der Waals surface area contributed by atoms with E-state index in [-0.39, 0.29) is 5.92 Å². The first-order valence-electron chi connectivity index (χ1n) is 7.71. The van der Waals surface area contributed by atoms with Crippen LogP contribution in [0.4, 0.5) is 0 Å². The summed E-state index contributed by atoms with van der Waals surface area (Å²) >= 11 is 0. The van der Waals surface area contributed by atoms with Crippen LogP contribution < -0.4 is 0 Å². The van der Waals surface area contributed by atoms with Gasteiger partial charge in [-0.15, -0.1) is 0 Å². The van der Waals surface area contributed by atoms with E-state index in [4.69, 9.17) is 14.2 Å². The van der Waals surface area contributed by atoms with Crippen LogP contribution in [0.15, 0.2) is 0 Å². The van der Waals surface area contributed by atoms with Crippen molar-refractivity contribution in [3.8, 4) is 0 Å². The lowest BCUT2D eigenvalue weighted by Gasteiger charge is -2.37. The van der Waals surface area contributed by atoms with E-state index >= 15 is 0 Å². The van der Waals surface area contributed by atoms with Gasteiger partial charge < -0.3 is 14.2 Å². The monoisotopic (exact) mass is 274 g/mol. The normalized spacial score (nSPS) is 14.1. The number of unbranched alkanes of at least 4 members (excludes halogenated alkanes) is 4. The largest absolute Gasteiger partial charge is 0.331 e. The summed E-state index contributed by atoms with van der Waals surface area (Å²) in [5.74, 6) is 0.0178. The molecule has 0 aromatic carbocycles. The van der Waals surface area contributed by atoms with Gasteiger partial charge in [-0.2, -0.15) is 0 Å². The highest BCUT2D eigenvalue weighted by Gasteiger charge is 2.39. The van der Waals surface area contributed by atoms with Crippen molar-refractivity contribution in [1.29, 1.82) is 0 Å². The molecular formula is C16H34O3. The number of ether oxygens (including phenoxy) is 3. The van der Waals surface area contributed by atoms with Crippen LogP contribution >= 0.6 is 0 Å². The van der Waals surface area contributed by atoms with Crippen molar-refractivity contribution in [2.45, 2.75) is 71.7 Å². The molecule has 0 heterocycles. The first-order valence-corrected chi connectivity index (χ1v) is 7.71. The predicted octanol–water partition coefficient (Wildman–Crippen LogP) is 4.60. The second-order valence-electron chi connectivity index (χ2n) is 5.75. The van der Waals surface area contributed by atoms with E-state index in [0.717, 1.165) is 12.8 Å². The van der Waals surface area contributed by atoms with Crippen molar-refractivity contribution in [3.63, 3.8) is 0 Å². The highest BCUT2D eigenvalue weighted by molar-refractivity contribution is 4.72. The lowest BCUT2D eigenvalue weighted by atomic mass is 9.89. The van der Waals surface area contributed by atoms with Crippen LogP contribution in [0.2, 0.25) is 0 Å². The van der Waals surface area contributed by atoms with Crippen molar-refractivity contribution >= 4 is 0 Å². The van der Waals surface area contributed by atoms with Gasteiger partial charge in [0.2, 0.25) is 0 Å². The van der Waals surface area contributed by atoms with Gasteiger partial charge in [-0.25, -0.2) is 0 Å². The first-order chi connectivity index (χ1) is 9.06. The van der Waals surface area contributed by atoms with E-state index in [1.54, 1.807) is 21.3 Å². The van der Waals surface area contributed by atoms with Gasteiger partial charge in [-0.05, 0) is 18.8 Å². The Morgan fingerprint density at radius 3 is 1.79 bits per heavy atom. The fourth-order valence-corrected chi connectivity index (χ4v) is 2.75. The molecule has 0 fully saturated rings. The Morgan fingerprint density at radius 1 is 0.842 bits per heavy atom. The molecule has 0 aromatic heterocycles. The van der Waals surface area contributed by atoms with Crippen molar-refractivity contribution in [2.24, 2.45) is 11.8 Å². The first kappa shape index (κ1) is 18.9. The molecule has 0 aliphatic carbocycles. The molecular weight excluding hydrogens is 240 g/mol. The maximum atomic E-state index is 5.53. The maximum absolute atomic E-state index is 5.53. The molecule has 0 bridgehead atoms. The molecule has 0 saturated heterocycles. The van der Waals surface area contributed by atoms with Gasteiger partial charge in [0.15, 0.2) is 0 Å². The van der Waals surface area contributed by atoms with Crippen LogP contribution in [0, 0.1) is 11.8 Å². The molecule has 0 saturated carbocycles. The summed E-state index contributed by atoms with van der Waals surface area (Å²) in [5, 5.41) is 0. The van der Waals surface area contributed by atoms with E-state index < -0.39 is 5.97 Å². The fraction of sp³-hybridized carbons (Fsp3) is 1.00. The topological polar surface area (TPSA) is 27.7 Å². The Labute approximate surface area is 120 Å². The summed E-state index contributed by atoms with van der Waals surface area (Å²) in [7, 11) is 4.99. The molecule has 0 amide bonds. The zero-order valence-corrected chi connectivity index (χ0v) is 13.8. The Morgan fingerprint density at radius 2 is 1.37 bits per heavy atom. The second kappa shape index (κ2) is 10.6. The van der Waals surface area contributed by atoms with E-state index in [1.807, 2.05) is 0 Å². The Balaban J connectivity index is 4.43. The lowest BCUT2D eigenvalue weighted by molar-refractivity contribution is -0.381. The third kappa shape index (κ3) is 6.73. The second-order valence-corrected chi connectivity index (χ2v) is 5.75. The van der Waals surface area contributed by atoms with Crippen LogP contribution in [-0.2, 0) is 14.2 Å². The zero-order chi connectivity index (χ0) is 14.7. The van der Waals surface area contributed by atoms with Gasteiger partial charge in [-0.1, -0.05) is 52.9 Å². The van der Waals surface area contributed by atoms with Crippen LogP contribution in [0.1, 0.15) is 65.7 Å². The number of hydrogen-bond acceptors (Lipinski definition) is 3. The average Bonchev–Trinajstić information content (AvgIpc) is 2.40. The minimum Gasteiger partial charge on any atom is -0.331 e. The van der Waals surface area contributed by atoms with Crippen molar-refractivity contribution < 1.29 is 14.2 Å². The van der Waals surface area contributed by atoms with Crippen molar-refractivity contribution in [3.05, 3.63) is 0 Å². The molecule has 0 N–H and O–H groups in total. The van der Waals surface area contributed by atoms with E-state index in [2.05, 4.69) is 20.8 Å². The highest BCUT2D eigenvalue weighted by Crippen LogP contribution is 2.33. The smallest absolute Gasteiger partial charge is 0.285 e. The lowest BCUT2D eigenvalue weighted by Crippen LogP contribution is -2.44. The number of rotatable bonds is 12. The minimum atomic E-state index is -0.880. The third-order valence-corrected chi connectivity index (χ3v) is 3.77. The molecule has 0 radical (unpaired) electrons. The molecule has 116 valence electrons. The van der Waals surface area contributed by atoms with Crippen LogP contribution in [0.3, 0.4) is 0 Å². The van der Waals surface area contributed by atoms with E-state index in [1.165, 1.54) is 32.1 Å². The summed E-state index contributed by atoms with van der Waals surface area (Å²) in [6.45, 7) is 6.71. The molecule has 0 aromatic rings.